The van der Waals surface area contributed by atoms with Crippen molar-refractivity contribution in [1.29, 1.82) is 0 Å². The van der Waals surface area contributed by atoms with E-state index in [0.717, 1.165) is 28.2 Å². The molecular weight excluding hydrogens is 675 g/mol. The molecule has 0 spiro atoms. The molecule has 0 aliphatic carbocycles. The van der Waals surface area contributed by atoms with E-state index in [0.29, 0.717) is 5.69 Å². The highest BCUT2D eigenvalue weighted by Crippen LogP contribution is 2.44. The van der Waals surface area contributed by atoms with Crippen LogP contribution in [0.4, 0.5) is 0 Å². The molecule has 1 saturated heterocycles. The summed E-state index contributed by atoms with van der Waals surface area (Å²) in [5, 5.41) is -0.125. The summed E-state index contributed by atoms with van der Waals surface area (Å²) < 4.78 is 33.2. The van der Waals surface area contributed by atoms with Crippen LogP contribution >= 0.6 is 0 Å². The Morgan fingerprint density at radius 2 is 1.38 bits per heavy atom. The van der Waals surface area contributed by atoms with Crippen molar-refractivity contribution in [2.24, 2.45) is 0 Å². The van der Waals surface area contributed by atoms with Gasteiger partial charge < -0.3 is 23.4 Å². The first kappa shape index (κ1) is 37.0. The average molecular weight is 721 g/mol. The molecule has 0 unspecified atom stereocenters. The van der Waals surface area contributed by atoms with E-state index < -0.39 is 43.6 Å². The number of nitrogens with zero attached hydrogens (tertiary/aromatic N) is 2. The lowest BCUT2D eigenvalue weighted by molar-refractivity contribution is -0.0844. The number of hydrogen-bond donors (Lipinski definition) is 1. The van der Waals surface area contributed by atoms with Gasteiger partial charge in [-0.2, -0.15) is 0 Å². The Hall–Kier alpha value is -4.81. The lowest BCUT2D eigenvalue weighted by Crippen LogP contribution is -2.46. The SMILES string of the molecule is COc1ccc(C(OC[C@H]2[CH][C@@H](O[Si](C)(C)C(C)(C)C)[C@H](n3cc(-c4ccccn4)c(=O)[nH]c3=O)O2)(c2ccccc2)c2ccc(OC)cc2)cc1. The van der Waals surface area contributed by atoms with Gasteiger partial charge in [-0.3, -0.25) is 19.3 Å². The van der Waals surface area contributed by atoms with Crippen LogP contribution in [0.25, 0.3) is 11.3 Å². The molecule has 6 rings (SSSR count). The fraction of sp³-hybridized carbons (Fsp3) is 0.317. The molecule has 0 saturated carbocycles. The molecule has 2 aromatic heterocycles. The van der Waals surface area contributed by atoms with Crippen LogP contribution in [0.3, 0.4) is 0 Å². The topological polar surface area (TPSA) is 114 Å². The number of benzene rings is 3. The third-order valence-corrected chi connectivity index (χ3v) is 14.5. The first-order valence-corrected chi connectivity index (χ1v) is 20.2. The van der Waals surface area contributed by atoms with Crippen molar-refractivity contribution in [2.45, 2.75) is 62.9 Å². The maximum atomic E-state index is 13.5. The van der Waals surface area contributed by atoms with Crippen molar-refractivity contribution >= 4 is 8.32 Å². The van der Waals surface area contributed by atoms with E-state index in [1.54, 1.807) is 38.6 Å². The molecule has 52 heavy (non-hydrogen) atoms. The number of nitrogens with one attached hydrogen (secondary N) is 1. The Morgan fingerprint density at radius 1 is 0.808 bits per heavy atom. The van der Waals surface area contributed by atoms with E-state index >= 15 is 0 Å². The zero-order chi connectivity index (χ0) is 37.1. The maximum Gasteiger partial charge on any atom is 0.330 e. The molecular formula is C41H46N3O7Si. The molecule has 1 aliphatic rings. The van der Waals surface area contributed by atoms with Crippen LogP contribution in [0.2, 0.25) is 18.1 Å². The number of H-pyrrole nitrogens is 1. The molecule has 3 atom stereocenters. The van der Waals surface area contributed by atoms with Crippen LogP contribution in [0, 0.1) is 6.42 Å². The highest BCUT2D eigenvalue weighted by Gasteiger charge is 2.47. The minimum absolute atomic E-state index is 0.103. The number of ether oxygens (including phenoxy) is 4. The van der Waals surface area contributed by atoms with Gasteiger partial charge in [0.05, 0.1) is 44.3 Å². The van der Waals surface area contributed by atoms with Gasteiger partial charge in [0.2, 0.25) is 0 Å². The molecule has 271 valence electrons. The second kappa shape index (κ2) is 15.0. The molecule has 0 bridgehead atoms. The lowest BCUT2D eigenvalue weighted by Gasteiger charge is -2.39. The molecule has 11 heteroatoms. The van der Waals surface area contributed by atoms with E-state index in [4.69, 9.17) is 23.4 Å². The second-order valence-corrected chi connectivity index (χ2v) is 19.1. The standard InChI is InChI=1S/C41H46N3O7Si/c1-40(2,3)52(6,7)51-36-25-33(50-38(36)44-26-34(37(45)43-39(44)46)35-15-11-12-24-42-35)27-49-41(28-13-9-8-10-14-28,29-16-20-31(47-4)21-17-29)30-18-22-32(48-5)23-19-30/h8-26,33,36,38H,27H2,1-7H3,(H,43,45,46)/t33-,36-,38-/m1/s1. The molecule has 3 heterocycles. The summed E-state index contributed by atoms with van der Waals surface area (Å²) in [5.74, 6) is 1.44. The fourth-order valence-corrected chi connectivity index (χ4v) is 7.43. The summed E-state index contributed by atoms with van der Waals surface area (Å²) in [7, 11) is 0.883. The summed E-state index contributed by atoms with van der Waals surface area (Å²) in [5.41, 5.74) is 1.13. The first-order chi connectivity index (χ1) is 24.9. The molecule has 1 fully saturated rings. The number of methoxy groups -OCH3 is 2. The molecule has 1 aliphatic heterocycles. The Kier molecular flexibility index (Phi) is 10.7. The summed E-state index contributed by atoms with van der Waals surface area (Å²) in [6, 6.07) is 31.0. The summed E-state index contributed by atoms with van der Waals surface area (Å²) in [4.78, 5) is 33.3. The van der Waals surface area contributed by atoms with Gasteiger partial charge in [-0.25, -0.2) is 4.79 Å². The van der Waals surface area contributed by atoms with E-state index in [1.807, 2.05) is 85.3 Å². The largest absolute Gasteiger partial charge is 0.497 e. The van der Waals surface area contributed by atoms with Crippen LogP contribution in [0.5, 0.6) is 11.5 Å². The van der Waals surface area contributed by atoms with Gasteiger partial charge in [0, 0.05) is 18.8 Å². The number of pyridine rings is 1. The van der Waals surface area contributed by atoms with Crippen molar-refractivity contribution in [3.8, 4) is 22.8 Å². The highest BCUT2D eigenvalue weighted by molar-refractivity contribution is 6.74. The molecule has 10 nitrogen and oxygen atoms in total. The van der Waals surface area contributed by atoms with E-state index in [2.05, 4.69) is 43.8 Å². The molecule has 5 aromatic rings. The third kappa shape index (κ3) is 7.40. The predicted molar refractivity (Wildman–Crippen MR) is 203 cm³/mol. The number of hydrogen-bond acceptors (Lipinski definition) is 8. The Bertz CT molecular complexity index is 2010. The van der Waals surface area contributed by atoms with Gasteiger partial charge in [0.1, 0.15) is 17.1 Å². The number of aromatic nitrogens is 3. The molecule has 0 amide bonds. The summed E-state index contributed by atoms with van der Waals surface area (Å²) in [6.07, 6.45) is 2.98. The monoisotopic (exact) mass is 720 g/mol. The van der Waals surface area contributed by atoms with Crippen molar-refractivity contribution in [3.05, 3.63) is 153 Å². The Morgan fingerprint density at radius 3 is 1.92 bits per heavy atom. The van der Waals surface area contributed by atoms with Crippen LogP contribution in [0.1, 0.15) is 43.7 Å². The average Bonchev–Trinajstić information content (AvgIpc) is 3.54. The highest BCUT2D eigenvalue weighted by atomic mass is 28.4. The number of aromatic amines is 1. The van der Waals surface area contributed by atoms with Gasteiger partial charge in [0.25, 0.3) is 5.56 Å². The molecule has 1 N–H and O–H groups in total. The summed E-state index contributed by atoms with van der Waals surface area (Å²) >= 11 is 0. The quantitative estimate of drug-likeness (QED) is 0.107. The van der Waals surface area contributed by atoms with Crippen molar-refractivity contribution < 1.29 is 23.4 Å². The predicted octanol–water partition coefficient (Wildman–Crippen LogP) is 7.12. The van der Waals surface area contributed by atoms with Crippen molar-refractivity contribution in [2.75, 3.05) is 20.8 Å². The second-order valence-electron chi connectivity index (χ2n) is 14.3. The van der Waals surface area contributed by atoms with E-state index in [-0.39, 0.29) is 17.2 Å². The zero-order valence-electron chi connectivity index (χ0n) is 30.7. The van der Waals surface area contributed by atoms with Crippen molar-refractivity contribution in [3.63, 3.8) is 0 Å². The maximum absolute atomic E-state index is 13.5. The van der Waals surface area contributed by atoms with Crippen molar-refractivity contribution in [1.82, 2.24) is 14.5 Å². The minimum Gasteiger partial charge on any atom is -0.497 e. The Labute approximate surface area is 305 Å². The van der Waals surface area contributed by atoms with Gasteiger partial charge in [-0.1, -0.05) is 81.4 Å². The normalized spacial score (nSPS) is 17.9. The molecule has 1 radical (unpaired) electrons. The van der Waals surface area contributed by atoms with Crippen LogP contribution < -0.4 is 20.7 Å². The fourth-order valence-electron chi connectivity index (χ4n) is 6.20. The van der Waals surface area contributed by atoms with Gasteiger partial charge in [-0.15, -0.1) is 0 Å². The van der Waals surface area contributed by atoms with Gasteiger partial charge in [-0.05, 0) is 71.2 Å². The van der Waals surface area contributed by atoms with Crippen LogP contribution in [-0.4, -0.2) is 55.9 Å². The van der Waals surface area contributed by atoms with Gasteiger partial charge in [0.15, 0.2) is 14.5 Å². The smallest absolute Gasteiger partial charge is 0.330 e. The molecule has 3 aromatic carbocycles. The number of rotatable bonds is 12. The van der Waals surface area contributed by atoms with E-state index in [9.17, 15) is 9.59 Å². The van der Waals surface area contributed by atoms with E-state index in [1.165, 1.54) is 10.8 Å². The Balaban J connectivity index is 1.42. The summed E-state index contributed by atoms with van der Waals surface area (Å²) in [6.45, 7) is 10.9. The lowest BCUT2D eigenvalue weighted by atomic mass is 9.80. The van der Waals surface area contributed by atoms with Crippen LogP contribution in [-0.2, 0) is 19.5 Å². The minimum atomic E-state index is -2.39. The third-order valence-electron chi connectivity index (χ3n) is 10.1. The first-order valence-electron chi connectivity index (χ1n) is 17.3. The van der Waals surface area contributed by atoms with Gasteiger partial charge >= 0.3 is 5.69 Å². The zero-order valence-corrected chi connectivity index (χ0v) is 31.7. The van der Waals surface area contributed by atoms with Crippen LogP contribution in [0.15, 0.2) is 119 Å².